The maximum atomic E-state index is 14.7. The number of carbonyl (C=O) groups excluding carboxylic acids is 1. The van der Waals surface area contributed by atoms with Crippen LogP contribution in [0, 0.1) is 11.3 Å². The third kappa shape index (κ3) is 6.31. The van der Waals surface area contributed by atoms with E-state index < -0.39 is 21.8 Å². The van der Waals surface area contributed by atoms with E-state index in [1.165, 1.54) is 54.1 Å². The molecule has 12 heteroatoms. The minimum absolute atomic E-state index is 0.0834. The minimum Gasteiger partial charge on any atom is -0.497 e. The lowest BCUT2D eigenvalue weighted by molar-refractivity contribution is -0.136. The van der Waals surface area contributed by atoms with Crippen LogP contribution in [0.3, 0.4) is 0 Å². The van der Waals surface area contributed by atoms with Gasteiger partial charge < -0.3 is 14.5 Å². The highest BCUT2D eigenvalue weighted by molar-refractivity contribution is 7.90. The SMILES string of the molecule is CCCN1CCN([C@@H]2CCCN(C(=O)C(c3ccccc3)n3c(=O)n(S(=O)(=O)c4ccc(OC)cc4)c4ccc(C#N)cc43)C2)CC1. The molecule has 0 N–H and O–H groups in total. The molecule has 0 radical (unpaired) electrons. The first-order valence-corrected chi connectivity index (χ1v) is 17.6. The van der Waals surface area contributed by atoms with Gasteiger partial charge in [0, 0.05) is 45.3 Å². The number of carbonyl (C=O) groups is 1. The Labute approximate surface area is 275 Å². The van der Waals surface area contributed by atoms with Crippen LogP contribution in [-0.2, 0) is 14.8 Å². The quantitative estimate of drug-likeness (QED) is 0.269. The topological polar surface area (TPSA) is 121 Å². The molecule has 1 amide bonds. The average Bonchev–Trinajstić information content (AvgIpc) is 3.40. The molecule has 1 unspecified atom stereocenters. The number of likely N-dealkylation sites (tertiary alicyclic amines) is 1. The van der Waals surface area contributed by atoms with E-state index in [-0.39, 0.29) is 33.4 Å². The van der Waals surface area contributed by atoms with E-state index in [1.807, 2.05) is 11.0 Å². The van der Waals surface area contributed by atoms with Gasteiger partial charge in [0.2, 0.25) is 0 Å². The molecule has 0 bridgehead atoms. The lowest BCUT2D eigenvalue weighted by Gasteiger charge is -2.44. The first-order chi connectivity index (χ1) is 22.8. The van der Waals surface area contributed by atoms with Crippen molar-refractivity contribution in [2.45, 2.75) is 43.2 Å². The first-order valence-electron chi connectivity index (χ1n) is 16.1. The Hall–Kier alpha value is -4.44. The van der Waals surface area contributed by atoms with E-state index in [2.05, 4.69) is 22.8 Å². The van der Waals surface area contributed by atoms with Crippen molar-refractivity contribution in [2.24, 2.45) is 0 Å². The lowest BCUT2D eigenvalue weighted by atomic mass is 9.99. The third-order valence-electron chi connectivity index (χ3n) is 9.34. The molecule has 0 aliphatic carbocycles. The number of fused-ring (bicyclic) bond motifs is 1. The highest BCUT2D eigenvalue weighted by atomic mass is 32.2. The van der Waals surface area contributed by atoms with E-state index >= 15 is 0 Å². The predicted molar refractivity (Wildman–Crippen MR) is 179 cm³/mol. The third-order valence-corrected chi connectivity index (χ3v) is 11.0. The monoisotopic (exact) mass is 656 g/mol. The number of nitriles is 1. The normalized spacial score (nSPS) is 18.6. The summed E-state index contributed by atoms with van der Waals surface area (Å²) >= 11 is 0. The van der Waals surface area contributed by atoms with E-state index in [4.69, 9.17) is 4.74 Å². The van der Waals surface area contributed by atoms with Crippen LogP contribution in [-0.4, -0.2) is 96.5 Å². The molecular weight excluding hydrogens is 616 g/mol. The lowest BCUT2D eigenvalue weighted by Crippen LogP contribution is -2.56. The summed E-state index contributed by atoms with van der Waals surface area (Å²) in [5, 5.41) is 9.76. The molecule has 0 spiro atoms. The number of hydrogen-bond acceptors (Lipinski definition) is 8. The van der Waals surface area contributed by atoms with Gasteiger partial charge in [-0.15, -0.1) is 0 Å². The highest BCUT2D eigenvalue weighted by Crippen LogP contribution is 2.30. The molecule has 246 valence electrons. The van der Waals surface area contributed by atoms with Crippen molar-refractivity contribution in [3.63, 3.8) is 0 Å². The second-order valence-electron chi connectivity index (χ2n) is 12.2. The molecule has 1 aromatic heterocycles. The van der Waals surface area contributed by atoms with Crippen LogP contribution in [0.1, 0.15) is 43.4 Å². The van der Waals surface area contributed by atoms with Crippen molar-refractivity contribution in [2.75, 3.05) is 52.9 Å². The molecule has 2 aliphatic heterocycles. The van der Waals surface area contributed by atoms with Crippen LogP contribution in [0.25, 0.3) is 11.0 Å². The number of ether oxygens (including phenoxy) is 1. The maximum absolute atomic E-state index is 14.7. The number of aromatic nitrogens is 2. The molecule has 2 fully saturated rings. The Morgan fingerprint density at radius 2 is 1.70 bits per heavy atom. The van der Waals surface area contributed by atoms with Crippen molar-refractivity contribution in [3.05, 3.63) is 94.4 Å². The number of nitrogens with zero attached hydrogens (tertiary/aromatic N) is 6. The summed E-state index contributed by atoms with van der Waals surface area (Å²) in [5.41, 5.74) is 0.186. The number of hydrogen-bond donors (Lipinski definition) is 0. The van der Waals surface area contributed by atoms with Crippen LogP contribution in [0.15, 0.2) is 82.5 Å². The molecule has 3 aromatic carbocycles. The fourth-order valence-corrected chi connectivity index (χ4v) is 8.33. The largest absolute Gasteiger partial charge is 0.497 e. The van der Waals surface area contributed by atoms with Gasteiger partial charge in [0.15, 0.2) is 0 Å². The molecular formula is C35H40N6O5S. The van der Waals surface area contributed by atoms with E-state index in [0.29, 0.717) is 24.4 Å². The summed E-state index contributed by atoms with van der Waals surface area (Å²) in [4.78, 5) is 35.9. The van der Waals surface area contributed by atoms with E-state index in [0.717, 1.165) is 56.0 Å². The summed E-state index contributed by atoms with van der Waals surface area (Å²) in [6.07, 6.45) is 2.94. The standard InChI is InChI=1S/C35H40N6O5S/c1-3-17-37-19-21-38(22-20-37)28-10-7-18-39(25-28)34(42)33(27-8-5-4-6-9-27)40-32-23-26(24-36)11-16-31(32)41(35(40)43)47(44,45)30-14-12-29(46-2)13-15-30/h4-6,8-9,11-16,23,28,33H,3,7,10,17-22,25H2,1-2H3/t28-,33?/m1/s1. The van der Waals surface area contributed by atoms with Crippen molar-refractivity contribution in [3.8, 4) is 11.8 Å². The maximum Gasteiger partial charge on any atom is 0.344 e. The molecule has 6 rings (SSSR count). The van der Waals surface area contributed by atoms with Crippen molar-refractivity contribution in [1.29, 1.82) is 5.26 Å². The van der Waals surface area contributed by atoms with Crippen LogP contribution in [0.4, 0.5) is 0 Å². The Morgan fingerprint density at radius 3 is 2.36 bits per heavy atom. The van der Waals surface area contributed by atoms with Crippen LogP contribution in [0.5, 0.6) is 5.75 Å². The average molecular weight is 657 g/mol. The fraction of sp³-hybridized carbons (Fsp3) is 0.400. The van der Waals surface area contributed by atoms with Crippen molar-refractivity contribution < 1.29 is 17.9 Å². The number of piperidine rings is 1. The molecule has 4 aromatic rings. The summed E-state index contributed by atoms with van der Waals surface area (Å²) in [6.45, 7) is 8.24. The highest BCUT2D eigenvalue weighted by Gasteiger charge is 2.37. The van der Waals surface area contributed by atoms with Crippen molar-refractivity contribution >= 4 is 27.0 Å². The smallest absolute Gasteiger partial charge is 0.344 e. The Bertz CT molecular complexity index is 1940. The zero-order chi connectivity index (χ0) is 33.1. The number of rotatable bonds is 9. The molecule has 11 nitrogen and oxygen atoms in total. The van der Waals surface area contributed by atoms with Gasteiger partial charge in [-0.1, -0.05) is 37.3 Å². The summed E-state index contributed by atoms with van der Waals surface area (Å²) < 4.78 is 35.4. The number of amides is 1. The summed E-state index contributed by atoms with van der Waals surface area (Å²) in [6, 6.07) is 20.3. The molecule has 2 atom stereocenters. The van der Waals surface area contributed by atoms with Crippen LogP contribution in [0.2, 0.25) is 0 Å². The van der Waals surface area contributed by atoms with Crippen LogP contribution < -0.4 is 10.4 Å². The number of methoxy groups -OCH3 is 1. The Balaban J connectivity index is 1.44. The fourth-order valence-electron chi connectivity index (χ4n) is 6.93. The molecule has 2 aliphatic rings. The van der Waals surface area contributed by atoms with Gasteiger partial charge in [-0.05, 0) is 73.8 Å². The Morgan fingerprint density at radius 1 is 0.979 bits per heavy atom. The van der Waals surface area contributed by atoms with Crippen molar-refractivity contribution in [1.82, 2.24) is 23.2 Å². The van der Waals surface area contributed by atoms with Crippen LogP contribution >= 0.6 is 0 Å². The van der Waals surface area contributed by atoms with Gasteiger partial charge in [-0.2, -0.15) is 9.23 Å². The number of piperazine rings is 1. The molecule has 47 heavy (non-hydrogen) atoms. The second-order valence-corrected chi connectivity index (χ2v) is 14.0. The second kappa shape index (κ2) is 13.7. The molecule has 3 heterocycles. The number of imidazole rings is 1. The van der Waals surface area contributed by atoms with Gasteiger partial charge >= 0.3 is 5.69 Å². The minimum atomic E-state index is -4.41. The van der Waals surface area contributed by atoms with E-state index in [1.54, 1.807) is 24.3 Å². The first kappa shape index (κ1) is 32.5. The summed E-state index contributed by atoms with van der Waals surface area (Å²) in [5.74, 6) is 0.186. The van der Waals surface area contributed by atoms with Gasteiger partial charge in [0.1, 0.15) is 11.8 Å². The zero-order valence-electron chi connectivity index (χ0n) is 26.8. The van der Waals surface area contributed by atoms with E-state index in [9.17, 15) is 23.3 Å². The van der Waals surface area contributed by atoms with Gasteiger partial charge in [0.25, 0.3) is 15.9 Å². The molecule has 2 saturated heterocycles. The number of benzene rings is 3. The van der Waals surface area contributed by atoms with Gasteiger partial charge in [-0.25, -0.2) is 13.2 Å². The van der Waals surface area contributed by atoms with Gasteiger partial charge in [-0.3, -0.25) is 14.3 Å². The summed E-state index contributed by atoms with van der Waals surface area (Å²) in [7, 11) is -2.93. The zero-order valence-corrected chi connectivity index (χ0v) is 27.6. The van der Waals surface area contributed by atoms with Gasteiger partial charge in [0.05, 0.1) is 34.7 Å². The molecule has 0 saturated carbocycles. The Kier molecular flexibility index (Phi) is 9.50. The predicted octanol–water partition coefficient (Wildman–Crippen LogP) is 3.53.